The molecule has 1 aromatic heterocycles. The number of hydrogen-bond donors (Lipinski definition) is 2. The average Bonchev–Trinajstić information content (AvgIpc) is 2.96. The molecule has 0 fully saturated rings. The van der Waals surface area contributed by atoms with E-state index in [1.807, 2.05) is 33.9 Å². The van der Waals surface area contributed by atoms with E-state index in [1.54, 1.807) is 11.9 Å². The summed E-state index contributed by atoms with van der Waals surface area (Å²) in [6.07, 6.45) is 2.09. The lowest BCUT2D eigenvalue weighted by Crippen LogP contribution is -2.48. The molecule has 7 nitrogen and oxygen atoms in total. The first kappa shape index (κ1) is 21.0. The normalized spacial score (nSPS) is 12.4. The Kier molecular flexibility index (Phi) is 7.93. The molecule has 2 N–H and O–H groups in total. The van der Waals surface area contributed by atoms with Crippen molar-refractivity contribution in [2.45, 2.75) is 65.5 Å². The molecule has 1 heterocycles. The number of likely N-dealkylation sites (N-methyl/N-ethyl adjacent to an activating group) is 1. The fourth-order valence-corrected chi connectivity index (χ4v) is 2.61. The molecule has 0 atom stereocenters. The average molecular weight is 351 g/mol. The van der Waals surface area contributed by atoms with E-state index in [0.717, 1.165) is 24.3 Å². The van der Waals surface area contributed by atoms with Gasteiger partial charge in [-0.15, -0.1) is 0 Å². The quantitative estimate of drug-likeness (QED) is 0.582. The van der Waals surface area contributed by atoms with Crippen molar-refractivity contribution in [2.24, 2.45) is 4.99 Å². The number of rotatable bonds is 7. The Bertz CT molecular complexity index is 570. The van der Waals surface area contributed by atoms with Crippen LogP contribution in [-0.2, 0) is 11.3 Å². The Balaban J connectivity index is 2.58. The summed E-state index contributed by atoms with van der Waals surface area (Å²) in [5, 5.41) is 10.3. The molecular weight excluding hydrogens is 318 g/mol. The fraction of sp³-hybridized carbons (Fsp3) is 0.722. The van der Waals surface area contributed by atoms with Crippen LogP contribution in [0.3, 0.4) is 0 Å². The molecule has 0 aromatic carbocycles. The number of nitrogens with one attached hydrogen (secondary N) is 2. The first-order chi connectivity index (χ1) is 11.7. The van der Waals surface area contributed by atoms with Gasteiger partial charge in [0.1, 0.15) is 0 Å². The molecule has 1 rings (SSSR count). The van der Waals surface area contributed by atoms with Crippen LogP contribution in [-0.4, -0.2) is 48.1 Å². The van der Waals surface area contributed by atoms with Crippen molar-refractivity contribution in [2.75, 3.05) is 20.6 Å². The maximum atomic E-state index is 12.0. The molecule has 0 aliphatic heterocycles. The number of aromatic nitrogens is 1. The molecule has 142 valence electrons. The standard InChI is InChI=1S/C18H33N5O2/c1-8-13(9-2)15-10-14(25-22-15)11-20-17(19-6)23(7)12-16(24)21-18(3,4)5/h10,13H,8-9,11-12H2,1-7H3,(H,19,20)(H,21,24). The number of carbonyl (C=O) groups excluding carboxylic acids is 1. The predicted octanol–water partition coefficient (Wildman–Crippen LogP) is 2.50. The van der Waals surface area contributed by atoms with E-state index >= 15 is 0 Å². The minimum Gasteiger partial charge on any atom is -0.359 e. The zero-order chi connectivity index (χ0) is 19.0. The third kappa shape index (κ3) is 7.15. The summed E-state index contributed by atoms with van der Waals surface area (Å²) in [4.78, 5) is 18.0. The Morgan fingerprint density at radius 3 is 2.52 bits per heavy atom. The Labute approximate surface area is 151 Å². The SMILES string of the molecule is CCC(CC)c1cc(CNC(=NC)N(C)CC(=O)NC(C)(C)C)on1. The number of aliphatic imine (C=N–C) groups is 1. The highest BCUT2D eigenvalue weighted by Gasteiger charge is 2.17. The molecule has 0 saturated heterocycles. The van der Waals surface area contributed by atoms with E-state index < -0.39 is 0 Å². The summed E-state index contributed by atoms with van der Waals surface area (Å²) >= 11 is 0. The van der Waals surface area contributed by atoms with Gasteiger partial charge in [-0.25, -0.2) is 0 Å². The van der Waals surface area contributed by atoms with Crippen LogP contribution in [0.2, 0.25) is 0 Å². The Morgan fingerprint density at radius 1 is 1.36 bits per heavy atom. The van der Waals surface area contributed by atoms with Gasteiger partial charge in [0.2, 0.25) is 5.91 Å². The molecule has 25 heavy (non-hydrogen) atoms. The largest absolute Gasteiger partial charge is 0.359 e. The van der Waals surface area contributed by atoms with Gasteiger partial charge in [-0.1, -0.05) is 19.0 Å². The molecule has 0 spiro atoms. The van der Waals surface area contributed by atoms with E-state index in [1.165, 1.54) is 0 Å². The fourth-order valence-electron chi connectivity index (χ4n) is 2.61. The Hall–Kier alpha value is -2.05. The number of hydrogen-bond acceptors (Lipinski definition) is 4. The summed E-state index contributed by atoms with van der Waals surface area (Å²) in [7, 11) is 3.52. The van der Waals surface area contributed by atoms with Gasteiger partial charge in [0, 0.05) is 31.6 Å². The maximum Gasteiger partial charge on any atom is 0.240 e. The molecule has 0 radical (unpaired) electrons. The van der Waals surface area contributed by atoms with Gasteiger partial charge in [0.25, 0.3) is 0 Å². The maximum absolute atomic E-state index is 12.0. The van der Waals surface area contributed by atoms with Crippen LogP contribution in [0.5, 0.6) is 0 Å². The van der Waals surface area contributed by atoms with Crippen LogP contribution in [0.15, 0.2) is 15.6 Å². The molecule has 1 aromatic rings. The van der Waals surface area contributed by atoms with Gasteiger partial charge < -0.3 is 20.1 Å². The van der Waals surface area contributed by atoms with Gasteiger partial charge in [-0.2, -0.15) is 0 Å². The summed E-state index contributed by atoms with van der Waals surface area (Å²) in [6.45, 7) is 10.9. The molecule has 0 saturated carbocycles. The van der Waals surface area contributed by atoms with Crippen LogP contribution in [0, 0.1) is 0 Å². The lowest BCUT2D eigenvalue weighted by molar-refractivity contribution is -0.122. The van der Waals surface area contributed by atoms with Crippen LogP contribution in [0.4, 0.5) is 0 Å². The van der Waals surface area contributed by atoms with Crippen molar-refractivity contribution >= 4 is 11.9 Å². The summed E-state index contributed by atoms with van der Waals surface area (Å²) in [5.74, 6) is 1.77. The summed E-state index contributed by atoms with van der Waals surface area (Å²) in [5.41, 5.74) is 0.745. The van der Waals surface area contributed by atoms with Crippen LogP contribution >= 0.6 is 0 Å². The van der Waals surface area contributed by atoms with Crippen LogP contribution in [0.25, 0.3) is 0 Å². The third-order valence-corrected chi connectivity index (χ3v) is 3.87. The second-order valence-electron chi connectivity index (χ2n) is 7.29. The van der Waals surface area contributed by atoms with Gasteiger partial charge in [0.05, 0.1) is 18.8 Å². The predicted molar refractivity (Wildman–Crippen MR) is 101 cm³/mol. The first-order valence-corrected chi connectivity index (χ1v) is 8.88. The second-order valence-corrected chi connectivity index (χ2v) is 7.29. The van der Waals surface area contributed by atoms with Crippen molar-refractivity contribution in [3.63, 3.8) is 0 Å². The molecule has 7 heteroatoms. The zero-order valence-electron chi connectivity index (χ0n) is 16.6. The number of carbonyl (C=O) groups is 1. The van der Waals surface area contributed by atoms with E-state index in [9.17, 15) is 4.79 Å². The molecule has 0 unspecified atom stereocenters. The lowest BCUT2D eigenvalue weighted by atomic mass is 9.99. The smallest absolute Gasteiger partial charge is 0.240 e. The summed E-state index contributed by atoms with van der Waals surface area (Å²) in [6, 6.07) is 1.99. The molecular formula is C18H33N5O2. The number of guanidine groups is 1. The van der Waals surface area contributed by atoms with Crippen molar-refractivity contribution in [1.29, 1.82) is 0 Å². The van der Waals surface area contributed by atoms with Crippen LogP contribution in [0.1, 0.15) is 64.8 Å². The highest BCUT2D eigenvalue weighted by Crippen LogP contribution is 2.22. The van der Waals surface area contributed by atoms with Crippen molar-refractivity contribution in [1.82, 2.24) is 20.7 Å². The second kappa shape index (κ2) is 9.44. The minimum atomic E-state index is -0.250. The van der Waals surface area contributed by atoms with Crippen molar-refractivity contribution in [3.8, 4) is 0 Å². The van der Waals surface area contributed by atoms with Crippen molar-refractivity contribution < 1.29 is 9.32 Å². The van der Waals surface area contributed by atoms with Gasteiger partial charge >= 0.3 is 0 Å². The van der Waals surface area contributed by atoms with E-state index in [4.69, 9.17) is 4.52 Å². The van der Waals surface area contributed by atoms with E-state index in [2.05, 4.69) is 34.6 Å². The Morgan fingerprint density at radius 2 is 2.00 bits per heavy atom. The first-order valence-electron chi connectivity index (χ1n) is 8.88. The van der Waals surface area contributed by atoms with Gasteiger partial charge in [-0.3, -0.25) is 9.79 Å². The molecule has 1 amide bonds. The number of amides is 1. The lowest BCUT2D eigenvalue weighted by Gasteiger charge is -2.25. The molecule has 0 aliphatic carbocycles. The highest BCUT2D eigenvalue weighted by atomic mass is 16.5. The van der Waals surface area contributed by atoms with Gasteiger partial charge in [-0.05, 0) is 33.6 Å². The van der Waals surface area contributed by atoms with E-state index in [0.29, 0.717) is 18.4 Å². The van der Waals surface area contributed by atoms with Crippen molar-refractivity contribution in [3.05, 3.63) is 17.5 Å². The van der Waals surface area contributed by atoms with Gasteiger partial charge in [0.15, 0.2) is 11.7 Å². The zero-order valence-corrected chi connectivity index (χ0v) is 16.6. The third-order valence-electron chi connectivity index (χ3n) is 3.87. The topological polar surface area (TPSA) is 82.8 Å². The number of nitrogens with zero attached hydrogens (tertiary/aromatic N) is 3. The minimum absolute atomic E-state index is 0.0476. The van der Waals surface area contributed by atoms with Crippen LogP contribution < -0.4 is 10.6 Å². The molecule has 0 aliphatic rings. The highest BCUT2D eigenvalue weighted by molar-refractivity contribution is 5.86. The molecule has 0 bridgehead atoms. The monoisotopic (exact) mass is 351 g/mol. The summed E-state index contributed by atoms with van der Waals surface area (Å²) < 4.78 is 5.41. The van der Waals surface area contributed by atoms with E-state index in [-0.39, 0.29) is 18.0 Å².